The number of fused-ring (bicyclic) bond motifs is 1. The number of pyridine rings is 2. The zero-order valence-corrected chi connectivity index (χ0v) is 11.2. The summed E-state index contributed by atoms with van der Waals surface area (Å²) in [5.74, 6) is -0.477. The number of halogens is 1. The molecule has 0 fully saturated rings. The second kappa shape index (κ2) is 5.70. The number of rotatable bonds is 4. The van der Waals surface area contributed by atoms with Crippen LogP contribution in [0.15, 0.2) is 49.1 Å². The number of carbonyl (C=O) groups excluding carboxylic acids is 1. The van der Waals surface area contributed by atoms with Crippen LogP contribution in [-0.4, -0.2) is 20.3 Å². The molecule has 3 rings (SSSR count). The van der Waals surface area contributed by atoms with Crippen molar-refractivity contribution in [1.82, 2.24) is 19.7 Å². The molecule has 0 saturated heterocycles. The van der Waals surface area contributed by atoms with Crippen LogP contribution in [0.1, 0.15) is 11.3 Å². The molecular formula is C15H13FN4O. The zero-order valence-electron chi connectivity index (χ0n) is 11.2. The summed E-state index contributed by atoms with van der Waals surface area (Å²) in [5, 5.41) is 2.80. The molecule has 0 bridgehead atoms. The van der Waals surface area contributed by atoms with Gasteiger partial charge >= 0.3 is 0 Å². The van der Waals surface area contributed by atoms with Crippen LogP contribution >= 0.6 is 0 Å². The average Bonchev–Trinajstić information content (AvgIpc) is 2.87. The van der Waals surface area contributed by atoms with Crippen LogP contribution in [0.3, 0.4) is 0 Å². The van der Waals surface area contributed by atoms with Gasteiger partial charge in [-0.3, -0.25) is 9.78 Å². The van der Waals surface area contributed by atoms with Crippen molar-refractivity contribution < 1.29 is 9.18 Å². The molecule has 5 nitrogen and oxygen atoms in total. The Kier molecular flexibility index (Phi) is 3.59. The van der Waals surface area contributed by atoms with Crippen LogP contribution in [0, 0.1) is 5.82 Å². The third-order valence-corrected chi connectivity index (χ3v) is 3.02. The maximum absolute atomic E-state index is 13.1. The highest BCUT2D eigenvalue weighted by molar-refractivity contribution is 5.78. The first-order chi connectivity index (χ1) is 10.2. The average molecular weight is 284 g/mol. The summed E-state index contributed by atoms with van der Waals surface area (Å²) < 4.78 is 14.7. The lowest BCUT2D eigenvalue weighted by molar-refractivity contribution is -0.120. The van der Waals surface area contributed by atoms with Gasteiger partial charge in [0.2, 0.25) is 5.91 Å². The Hall–Kier alpha value is -2.76. The number of nitrogens with zero attached hydrogens (tertiary/aromatic N) is 3. The summed E-state index contributed by atoms with van der Waals surface area (Å²) in [6, 6.07) is 6.63. The highest BCUT2D eigenvalue weighted by atomic mass is 19.1. The van der Waals surface area contributed by atoms with Gasteiger partial charge in [0, 0.05) is 31.3 Å². The minimum absolute atomic E-state index is 0.136. The van der Waals surface area contributed by atoms with Gasteiger partial charge in [0.05, 0.1) is 12.1 Å². The summed E-state index contributed by atoms with van der Waals surface area (Å²) in [5.41, 5.74) is 2.15. The van der Waals surface area contributed by atoms with E-state index in [9.17, 15) is 9.18 Å². The highest BCUT2D eigenvalue weighted by Gasteiger charge is 2.08. The Morgan fingerprint density at radius 1 is 1.29 bits per heavy atom. The summed E-state index contributed by atoms with van der Waals surface area (Å²) in [6.07, 6.45) is 6.53. The Bertz CT molecular complexity index is 770. The molecular weight excluding hydrogens is 271 g/mol. The number of aromatic nitrogens is 3. The van der Waals surface area contributed by atoms with E-state index in [4.69, 9.17) is 0 Å². The summed E-state index contributed by atoms with van der Waals surface area (Å²) in [4.78, 5) is 20.1. The Labute approximate surface area is 120 Å². The van der Waals surface area contributed by atoms with Crippen LogP contribution in [0.2, 0.25) is 0 Å². The maximum Gasteiger partial charge on any atom is 0.226 e. The van der Waals surface area contributed by atoms with Gasteiger partial charge in [0.15, 0.2) is 0 Å². The number of nitrogens with one attached hydrogen (secondary N) is 1. The first-order valence-electron chi connectivity index (χ1n) is 6.49. The molecule has 6 heteroatoms. The molecule has 21 heavy (non-hydrogen) atoms. The molecule has 0 radical (unpaired) electrons. The molecule has 1 N–H and O–H groups in total. The fourth-order valence-electron chi connectivity index (χ4n) is 2.03. The minimum Gasteiger partial charge on any atom is -0.352 e. The van der Waals surface area contributed by atoms with E-state index in [0.29, 0.717) is 17.9 Å². The number of carbonyl (C=O) groups is 1. The standard InChI is InChI=1S/C15H13FN4O/c16-12-3-4-14-19-13(10-20(14)9-12)6-15(21)18-8-11-2-1-5-17-7-11/h1-5,7,9-10H,6,8H2,(H,18,21). The molecule has 106 valence electrons. The number of hydrogen-bond donors (Lipinski definition) is 1. The second-order valence-corrected chi connectivity index (χ2v) is 4.66. The quantitative estimate of drug-likeness (QED) is 0.793. The predicted octanol–water partition coefficient (Wildman–Crippen LogP) is 1.73. The van der Waals surface area contributed by atoms with Crippen LogP contribution < -0.4 is 5.32 Å². The SMILES string of the molecule is O=C(Cc1cn2cc(F)ccc2n1)NCc1cccnc1. The van der Waals surface area contributed by atoms with Gasteiger partial charge in [-0.25, -0.2) is 9.37 Å². The number of imidazole rings is 1. The highest BCUT2D eigenvalue weighted by Crippen LogP contribution is 2.07. The van der Waals surface area contributed by atoms with Crippen molar-refractivity contribution in [3.63, 3.8) is 0 Å². The molecule has 3 aromatic heterocycles. The second-order valence-electron chi connectivity index (χ2n) is 4.66. The molecule has 3 heterocycles. The Morgan fingerprint density at radius 3 is 3.00 bits per heavy atom. The lowest BCUT2D eigenvalue weighted by atomic mass is 10.2. The van der Waals surface area contributed by atoms with Crippen molar-refractivity contribution in [2.24, 2.45) is 0 Å². The first kappa shape index (κ1) is 13.2. The van der Waals surface area contributed by atoms with Crippen molar-refractivity contribution >= 4 is 11.6 Å². The van der Waals surface area contributed by atoms with Crippen LogP contribution in [0.4, 0.5) is 4.39 Å². The monoisotopic (exact) mass is 284 g/mol. The van der Waals surface area contributed by atoms with Gasteiger partial charge in [0.25, 0.3) is 0 Å². The van der Waals surface area contributed by atoms with E-state index in [1.807, 2.05) is 12.1 Å². The molecule has 0 aliphatic carbocycles. The molecule has 0 saturated carbocycles. The van der Waals surface area contributed by atoms with E-state index in [1.165, 1.54) is 12.3 Å². The summed E-state index contributed by atoms with van der Waals surface area (Å²) in [7, 11) is 0. The van der Waals surface area contributed by atoms with Crippen molar-refractivity contribution in [1.29, 1.82) is 0 Å². The van der Waals surface area contributed by atoms with Gasteiger partial charge in [0.1, 0.15) is 11.5 Å². The van der Waals surface area contributed by atoms with E-state index in [0.717, 1.165) is 5.56 Å². The normalized spacial score (nSPS) is 10.7. The first-order valence-corrected chi connectivity index (χ1v) is 6.49. The van der Waals surface area contributed by atoms with E-state index < -0.39 is 0 Å². The molecule has 3 aromatic rings. The predicted molar refractivity (Wildman–Crippen MR) is 74.9 cm³/mol. The van der Waals surface area contributed by atoms with Crippen LogP contribution in [-0.2, 0) is 17.8 Å². The lowest BCUT2D eigenvalue weighted by Gasteiger charge is -2.03. The lowest BCUT2D eigenvalue weighted by Crippen LogP contribution is -2.24. The van der Waals surface area contributed by atoms with Crippen molar-refractivity contribution in [3.05, 3.63) is 66.1 Å². The van der Waals surface area contributed by atoms with Gasteiger partial charge < -0.3 is 9.72 Å². The van der Waals surface area contributed by atoms with E-state index in [-0.39, 0.29) is 18.1 Å². The topological polar surface area (TPSA) is 59.3 Å². The Morgan fingerprint density at radius 2 is 2.19 bits per heavy atom. The number of hydrogen-bond acceptors (Lipinski definition) is 3. The van der Waals surface area contributed by atoms with E-state index in [2.05, 4.69) is 15.3 Å². The molecule has 0 unspecified atom stereocenters. The molecule has 0 aliphatic rings. The van der Waals surface area contributed by atoms with Gasteiger partial charge in [-0.05, 0) is 23.8 Å². The van der Waals surface area contributed by atoms with Crippen LogP contribution in [0.25, 0.3) is 5.65 Å². The van der Waals surface area contributed by atoms with Gasteiger partial charge in [-0.2, -0.15) is 0 Å². The largest absolute Gasteiger partial charge is 0.352 e. The minimum atomic E-state index is -0.340. The molecule has 0 aromatic carbocycles. The smallest absolute Gasteiger partial charge is 0.226 e. The summed E-state index contributed by atoms with van der Waals surface area (Å²) >= 11 is 0. The fraction of sp³-hybridized carbons (Fsp3) is 0.133. The maximum atomic E-state index is 13.1. The molecule has 0 atom stereocenters. The number of amides is 1. The van der Waals surface area contributed by atoms with Crippen molar-refractivity contribution in [2.75, 3.05) is 0 Å². The third kappa shape index (κ3) is 3.22. The van der Waals surface area contributed by atoms with Gasteiger partial charge in [-0.1, -0.05) is 6.07 Å². The van der Waals surface area contributed by atoms with Crippen molar-refractivity contribution in [3.8, 4) is 0 Å². The molecule has 1 amide bonds. The Balaban J connectivity index is 1.63. The summed E-state index contributed by atoms with van der Waals surface area (Å²) in [6.45, 7) is 0.425. The van der Waals surface area contributed by atoms with Crippen LogP contribution in [0.5, 0.6) is 0 Å². The molecule has 0 spiro atoms. The van der Waals surface area contributed by atoms with E-state index >= 15 is 0 Å². The van der Waals surface area contributed by atoms with Crippen molar-refractivity contribution in [2.45, 2.75) is 13.0 Å². The zero-order chi connectivity index (χ0) is 14.7. The fourth-order valence-corrected chi connectivity index (χ4v) is 2.03. The third-order valence-electron chi connectivity index (χ3n) is 3.02. The van der Waals surface area contributed by atoms with Gasteiger partial charge in [-0.15, -0.1) is 0 Å². The van der Waals surface area contributed by atoms with E-state index in [1.54, 1.807) is 29.1 Å². The molecule has 0 aliphatic heterocycles.